The van der Waals surface area contributed by atoms with Gasteiger partial charge >= 0.3 is 5.97 Å². The number of halogens is 1. The quantitative estimate of drug-likeness (QED) is 0.564. The van der Waals surface area contributed by atoms with Crippen LogP contribution in [0.1, 0.15) is 15.9 Å². The molecule has 5 heteroatoms. The molecule has 0 aromatic heterocycles. The van der Waals surface area contributed by atoms with Gasteiger partial charge in [-0.05, 0) is 47.6 Å². The largest absolute Gasteiger partial charge is 0.465 e. The predicted molar refractivity (Wildman–Crippen MR) is 94.4 cm³/mol. The van der Waals surface area contributed by atoms with E-state index in [4.69, 9.17) is 16.3 Å². The highest BCUT2D eigenvalue weighted by Crippen LogP contribution is 2.45. The fourth-order valence-electron chi connectivity index (χ4n) is 2.71. The van der Waals surface area contributed by atoms with Crippen molar-refractivity contribution >= 4 is 41.1 Å². The van der Waals surface area contributed by atoms with Gasteiger partial charge in [0.15, 0.2) is 0 Å². The summed E-state index contributed by atoms with van der Waals surface area (Å²) in [6.45, 7) is 0. The smallest absolute Gasteiger partial charge is 0.339 e. The van der Waals surface area contributed by atoms with Crippen LogP contribution >= 0.6 is 35.1 Å². The van der Waals surface area contributed by atoms with Gasteiger partial charge in [-0.1, -0.05) is 23.7 Å². The minimum atomic E-state index is -0.249. The van der Waals surface area contributed by atoms with Crippen molar-refractivity contribution in [1.29, 1.82) is 0 Å². The Morgan fingerprint density at radius 1 is 1.36 bits per heavy atom. The van der Waals surface area contributed by atoms with Crippen LogP contribution in [-0.2, 0) is 11.2 Å². The Kier molecular flexibility index (Phi) is 4.71. The van der Waals surface area contributed by atoms with E-state index in [1.807, 2.05) is 24.5 Å². The number of carbonyl (C=O) groups excluding carboxylic acids is 1. The minimum absolute atomic E-state index is 0.249. The van der Waals surface area contributed by atoms with Crippen LogP contribution in [0.15, 0.2) is 40.1 Å². The first-order valence-corrected chi connectivity index (χ1v) is 9.45. The fourth-order valence-corrected chi connectivity index (χ4v) is 4.77. The van der Waals surface area contributed by atoms with E-state index in [2.05, 4.69) is 12.1 Å². The molecule has 0 spiro atoms. The number of ether oxygens (including phenoxy) is 1. The second-order valence-corrected chi connectivity index (χ2v) is 7.30. The lowest BCUT2D eigenvalue weighted by Crippen LogP contribution is -2.08. The monoisotopic (exact) mass is 350 g/mol. The number of carbonyl (C=O) groups is 1. The Balaban J connectivity index is 2.26. The van der Waals surface area contributed by atoms with E-state index in [0.29, 0.717) is 0 Å². The highest BCUT2D eigenvalue weighted by Gasteiger charge is 2.27. The summed E-state index contributed by atoms with van der Waals surface area (Å²) >= 11 is 9.51. The molecule has 0 N–H and O–H groups in total. The van der Waals surface area contributed by atoms with Crippen molar-refractivity contribution in [3.63, 3.8) is 0 Å². The predicted octanol–water partition coefficient (Wildman–Crippen LogP) is 5.16. The van der Waals surface area contributed by atoms with Crippen LogP contribution in [0, 0.1) is 0 Å². The molecule has 2 aromatic rings. The Hall–Kier alpha value is -1.10. The molecule has 2 nitrogen and oxygen atoms in total. The van der Waals surface area contributed by atoms with Gasteiger partial charge in [0, 0.05) is 20.6 Å². The van der Waals surface area contributed by atoms with Crippen molar-refractivity contribution in [1.82, 2.24) is 0 Å². The molecule has 0 saturated carbocycles. The molecular formula is C17H15ClO2S2. The van der Waals surface area contributed by atoms with Gasteiger partial charge in [-0.15, -0.1) is 23.5 Å². The Morgan fingerprint density at radius 3 is 2.86 bits per heavy atom. The molecule has 0 unspecified atom stereocenters. The lowest BCUT2D eigenvalue weighted by molar-refractivity contribution is 0.0595. The van der Waals surface area contributed by atoms with Gasteiger partial charge in [0.2, 0.25) is 0 Å². The Bertz CT molecular complexity index is 744. The molecule has 2 aromatic carbocycles. The average Bonchev–Trinajstić information content (AvgIpc) is 3.01. The summed E-state index contributed by atoms with van der Waals surface area (Å²) in [5, 5.41) is 0.719. The molecular weight excluding hydrogens is 336 g/mol. The summed E-state index contributed by atoms with van der Waals surface area (Å²) in [6.07, 6.45) is 2.88. The maximum absolute atomic E-state index is 12.2. The zero-order valence-corrected chi connectivity index (χ0v) is 14.7. The van der Waals surface area contributed by atoms with Crippen LogP contribution in [0.3, 0.4) is 0 Å². The molecule has 22 heavy (non-hydrogen) atoms. The van der Waals surface area contributed by atoms with Gasteiger partial charge in [0.1, 0.15) is 0 Å². The van der Waals surface area contributed by atoms with Gasteiger partial charge in [-0.3, -0.25) is 0 Å². The average molecular weight is 351 g/mol. The highest BCUT2D eigenvalue weighted by molar-refractivity contribution is 8.00. The molecule has 0 radical (unpaired) electrons. The third-order valence-electron chi connectivity index (χ3n) is 3.69. The molecule has 0 amide bonds. The number of hydrogen-bond acceptors (Lipinski definition) is 4. The molecule has 1 heterocycles. The number of methoxy groups -OCH3 is 1. The molecule has 0 saturated heterocycles. The number of fused-ring (bicyclic) bond motifs is 1. The number of benzene rings is 2. The molecule has 1 aliphatic rings. The second-order valence-electron chi connectivity index (χ2n) is 4.91. The number of esters is 1. The molecule has 3 rings (SSSR count). The normalized spacial score (nSPS) is 13.0. The van der Waals surface area contributed by atoms with Gasteiger partial charge in [-0.2, -0.15) is 0 Å². The van der Waals surface area contributed by atoms with Gasteiger partial charge in [0.05, 0.1) is 12.7 Å². The van der Waals surface area contributed by atoms with Crippen molar-refractivity contribution in [3.05, 3.63) is 46.5 Å². The first-order chi connectivity index (χ1) is 10.7. The van der Waals surface area contributed by atoms with Gasteiger partial charge in [0.25, 0.3) is 0 Å². The SMILES string of the molecule is COC(=O)c1c(SC)cc(-c2cccc(Cl)c2)c2c1CCS2. The van der Waals surface area contributed by atoms with Crippen LogP contribution in [0.5, 0.6) is 0 Å². The summed E-state index contributed by atoms with van der Waals surface area (Å²) in [5.74, 6) is 0.741. The van der Waals surface area contributed by atoms with Crippen molar-refractivity contribution in [3.8, 4) is 11.1 Å². The lowest BCUT2D eigenvalue weighted by atomic mass is 9.97. The molecule has 0 aliphatic carbocycles. The van der Waals surface area contributed by atoms with E-state index >= 15 is 0 Å². The molecule has 0 bridgehead atoms. The van der Waals surface area contributed by atoms with Crippen molar-refractivity contribution in [2.24, 2.45) is 0 Å². The van der Waals surface area contributed by atoms with E-state index in [-0.39, 0.29) is 5.97 Å². The maximum atomic E-state index is 12.2. The maximum Gasteiger partial charge on any atom is 0.339 e. The number of hydrogen-bond donors (Lipinski definition) is 0. The third kappa shape index (κ3) is 2.75. The van der Waals surface area contributed by atoms with E-state index < -0.39 is 0 Å². The molecule has 114 valence electrons. The topological polar surface area (TPSA) is 26.3 Å². The molecule has 0 atom stereocenters. The first-order valence-electron chi connectivity index (χ1n) is 6.86. The van der Waals surface area contributed by atoms with Gasteiger partial charge in [-0.25, -0.2) is 4.79 Å². The summed E-state index contributed by atoms with van der Waals surface area (Å²) in [4.78, 5) is 14.3. The van der Waals surface area contributed by atoms with Gasteiger partial charge < -0.3 is 4.74 Å². The lowest BCUT2D eigenvalue weighted by Gasteiger charge is -2.15. The van der Waals surface area contributed by atoms with Crippen LogP contribution in [-0.4, -0.2) is 25.1 Å². The van der Waals surface area contributed by atoms with E-state index in [0.717, 1.165) is 44.3 Å². The molecule has 1 aliphatic heterocycles. The van der Waals surface area contributed by atoms with Crippen molar-refractivity contribution < 1.29 is 9.53 Å². The summed E-state index contributed by atoms with van der Waals surface area (Å²) in [7, 11) is 1.44. The van der Waals surface area contributed by atoms with Crippen molar-refractivity contribution in [2.75, 3.05) is 19.1 Å². The zero-order valence-electron chi connectivity index (χ0n) is 12.3. The number of thioether (sulfide) groups is 2. The minimum Gasteiger partial charge on any atom is -0.465 e. The summed E-state index contributed by atoms with van der Waals surface area (Å²) < 4.78 is 4.99. The number of rotatable bonds is 3. The Morgan fingerprint density at radius 2 is 2.18 bits per heavy atom. The fraction of sp³-hybridized carbons (Fsp3) is 0.235. The van der Waals surface area contributed by atoms with Crippen LogP contribution in [0.4, 0.5) is 0 Å². The highest BCUT2D eigenvalue weighted by atomic mass is 35.5. The van der Waals surface area contributed by atoms with E-state index in [1.165, 1.54) is 12.0 Å². The Labute approximate surface area is 143 Å². The van der Waals surface area contributed by atoms with Crippen molar-refractivity contribution in [2.45, 2.75) is 16.2 Å². The van der Waals surface area contributed by atoms with E-state index in [9.17, 15) is 4.79 Å². The van der Waals surface area contributed by atoms with Crippen LogP contribution in [0.2, 0.25) is 5.02 Å². The van der Waals surface area contributed by atoms with Crippen LogP contribution in [0.25, 0.3) is 11.1 Å². The van der Waals surface area contributed by atoms with E-state index in [1.54, 1.807) is 23.5 Å². The summed E-state index contributed by atoms with van der Waals surface area (Å²) in [5.41, 5.74) is 4.07. The third-order valence-corrected chi connectivity index (χ3v) is 5.85. The second kappa shape index (κ2) is 6.57. The first kappa shape index (κ1) is 15.8. The molecule has 0 fully saturated rings. The standard InChI is InChI=1S/C17H15ClO2S2/c1-20-17(19)15-12-6-7-22-16(12)13(9-14(15)21-2)10-4-3-5-11(18)8-10/h3-5,8-9H,6-7H2,1-2H3. The zero-order chi connectivity index (χ0) is 15.7. The van der Waals surface area contributed by atoms with Crippen LogP contribution < -0.4 is 0 Å². The summed E-state index contributed by atoms with van der Waals surface area (Å²) in [6, 6.07) is 9.94.